The number of anilines is 2. The molecule has 2 aliphatic heterocycles. The van der Waals surface area contributed by atoms with Crippen molar-refractivity contribution in [3.8, 4) is 6.01 Å². The molecule has 3 aromatic rings. The fourth-order valence-electron chi connectivity index (χ4n) is 5.52. The summed E-state index contributed by atoms with van der Waals surface area (Å²) >= 11 is 6.65. The third-order valence-corrected chi connectivity index (χ3v) is 9.44. The lowest BCUT2D eigenvalue weighted by Crippen LogP contribution is -2.35. The molecule has 0 radical (unpaired) electrons. The molecule has 8 nitrogen and oxygen atoms in total. The van der Waals surface area contributed by atoms with Crippen molar-refractivity contribution in [3.05, 3.63) is 64.2 Å². The van der Waals surface area contributed by atoms with Gasteiger partial charge in [-0.15, -0.1) is 0 Å². The van der Waals surface area contributed by atoms with E-state index in [1.165, 1.54) is 5.41 Å². The third kappa shape index (κ3) is 6.15. The van der Waals surface area contributed by atoms with E-state index in [1.54, 1.807) is 13.0 Å². The monoisotopic (exact) mass is 569 g/mol. The molecule has 0 saturated carbocycles. The first-order chi connectivity index (χ1) is 18.8. The molecule has 0 spiro atoms. The molecule has 1 saturated heterocycles. The minimum Gasteiger partial charge on any atom is -0.462 e. The van der Waals surface area contributed by atoms with Crippen LogP contribution in [0.2, 0.25) is 5.02 Å². The number of nitrogens with zero attached hydrogens (tertiary/aromatic N) is 5. The number of sulfone groups is 1. The van der Waals surface area contributed by atoms with Crippen LogP contribution in [0.5, 0.6) is 6.01 Å². The number of likely N-dealkylation sites (tertiary alicyclic amines) is 1. The fourth-order valence-corrected chi connectivity index (χ4v) is 6.88. The number of fused-ring (bicyclic) bond motifs is 2. The summed E-state index contributed by atoms with van der Waals surface area (Å²) in [5.74, 6) is 0.747. The molecule has 1 atom stereocenters. The molecule has 0 aliphatic carbocycles. The lowest BCUT2D eigenvalue weighted by Gasteiger charge is -2.33. The van der Waals surface area contributed by atoms with E-state index in [0.717, 1.165) is 70.9 Å². The topological polar surface area (TPSA) is 78.9 Å². The molecular weight excluding hydrogens is 534 g/mol. The molecule has 0 amide bonds. The van der Waals surface area contributed by atoms with Gasteiger partial charge in [-0.05, 0) is 57.3 Å². The molecule has 1 aromatic heterocycles. The van der Waals surface area contributed by atoms with Gasteiger partial charge >= 0.3 is 6.01 Å². The SMILES string of the molecule is C/C=C/S(=O)(=O)CCN(C)c1nc(OC[C@@H]2CCCN2C)nc2c1CCN(c1cccc3cccc(Cl)c13)C2. The Morgan fingerprint density at radius 1 is 1.18 bits per heavy atom. The smallest absolute Gasteiger partial charge is 0.318 e. The van der Waals surface area contributed by atoms with Crippen molar-refractivity contribution in [3.63, 3.8) is 0 Å². The standard InChI is InChI=1S/C29H36ClN5O3S/c1-4-17-39(36,37)18-16-34(3)28-23-13-15-35(26-12-6-9-21-8-5-11-24(30)27(21)26)19-25(23)31-29(32-28)38-20-22-10-7-14-33(22)2/h4-6,8-9,11-12,17,22H,7,10,13-16,18-20H2,1-3H3/b17-4+/t22-/m0/s1. The maximum atomic E-state index is 12.3. The highest BCUT2D eigenvalue weighted by molar-refractivity contribution is 7.94. The fraction of sp³-hybridized carbons (Fsp3) is 0.448. The van der Waals surface area contributed by atoms with E-state index in [2.05, 4.69) is 41.1 Å². The molecule has 2 aromatic carbocycles. The van der Waals surface area contributed by atoms with Crippen LogP contribution < -0.4 is 14.5 Å². The second-order valence-electron chi connectivity index (χ2n) is 10.4. The zero-order valence-corrected chi connectivity index (χ0v) is 24.4. The second-order valence-corrected chi connectivity index (χ2v) is 12.8. The number of allylic oxidation sites excluding steroid dienone is 1. The van der Waals surface area contributed by atoms with Crippen molar-refractivity contribution in [1.29, 1.82) is 0 Å². The van der Waals surface area contributed by atoms with Gasteiger partial charge in [0, 0.05) is 48.2 Å². The number of likely N-dealkylation sites (N-methyl/N-ethyl adjacent to an activating group) is 1. The van der Waals surface area contributed by atoms with Crippen LogP contribution in [-0.4, -0.2) is 75.4 Å². The quantitative estimate of drug-likeness (QED) is 0.367. The molecular formula is C29H36ClN5O3S. The molecule has 0 N–H and O–H groups in total. The Morgan fingerprint density at radius 3 is 2.72 bits per heavy atom. The van der Waals surface area contributed by atoms with Gasteiger partial charge in [-0.25, -0.2) is 8.42 Å². The van der Waals surface area contributed by atoms with Crippen LogP contribution in [0.25, 0.3) is 10.8 Å². The molecule has 0 bridgehead atoms. The van der Waals surface area contributed by atoms with Crippen LogP contribution in [0.4, 0.5) is 11.5 Å². The molecule has 5 rings (SSSR count). The van der Waals surface area contributed by atoms with E-state index in [9.17, 15) is 8.42 Å². The molecule has 3 heterocycles. The van der Waals surface area contributed by atoms with Crippen molar-refractivity contribution >= 4 is 43.7 Å². The maximum Gasteiger partial charge on any atom is 0.318 e. The lowest BCUT2D eigenvalue weighted by atomic mass is 10.0. The van der Waals surface area contributed by atoms with Crippen LogP contribution in [0.3, 0.4) is 0 Å². The number of ether oxygens (including phenoxy) is 1. The van der Waals surface area contributed by atoms with Gasteiger partial charge in [0.25, 0.3) is 0 Å². The van der Waals surface area contributed by atoms with Crippen LogP contribution in [0.1, 0.15) is 31.0 Å². The van der Waals surface area contributed by atoms with Crippen LogP contribution >= 0.6 is 11.6 Å². The van der Waals surface area contributed by atoms with Crippen molar-refractivity contribution in [2.45, 2.75) is 38.8 Å². The number of hydrogen-bond acceptors (Lipinski definition) is 8. The minimum atomic E-state index is -3.29. The Morgan fingerprint density at radius 2 is 1.97 bits per heavy atom. The second kappa shape index (κ2) is 11.7. The van der Waals surface area contributed by atoms with Crippen molar-refractivity contribution < 1.29 is 13.2 Å². The van der Waals surface area contributed by atoms with Gasteiger partial charge in [0.15, 0.2) is 9.84 Å². The lowest BCUT2D eigenvalue weighted by molar-refractivity contribution is 0.187. The average Bonchev–Trinajstić information content (AvgIpc) is 3.34. The van der Waals surface area contributed by atoms with Gasteiger partial charge in [0.05, 0.1) is 23.0 Å². The first kappa shape index (κ1) is 27.7. The summed E-state index contributed by atoms with van der Waals surface area (Å²) in [4.78, 5) is 16.2. The highest BCUT2D eigenvalue weighted by Gasteiger charge is 2.27. The maximum absolute atomic E-state index is 12.3. The van der Waals surface area contributed by atoms with Crippen molar-refractivity contribution in [1.82, 2.24) is 14.9 Å². The van der Waals surface area contributed by atoms with Crippen molar-refractivity contribution in [2.75, 3.05) is 55.9 Å². The molecule has 2 aliphatic rings. The molecule has 0 unspecified atom stereocenters. The normalized spacial score (nSPS) is 18.2. The van der Waals surface area contributed by atoms with Crippen LogP contribution in [0, 0.1) is 0 Å². The van der Waals surface area contributed by atoms with E-state index >= 15 is 0 Å². The largest absolute Gasteiger partial charge is 0.462 e. The highest BCUT2D eigenvalue weighted by atomic mass is 35.5. The first-order valence-corrected chi connectivity index (χ1v) is 15.6. The van der Waals surface area contributed by atoms with Gasteiger partial charge in [-0.1, -0.05) is 41.9 Å². The predicted molar refractivity (Wildman–Crippen MR) is 159 cm³/mol. The van der Waals surface area contributed by atoms with Gasteiger partial charge in [-0.3, -0.25) is 0 Å². The van der Waals surface area contributed by atoms with Crippen LogP contribution in [0.15, 0.2) is 47.9 Å². The Hall–Kier alpha value is -2.88. The summed E-state index contributed by atoms with van der Waals surface area (Å²) in [6, 6.07) is 12.9. The Labute approximate surface area is 236 Å². The average molecular weight is 570 g/mol. The minimum absolute atomic E-state index is 0.0102. The summed E-state index contributed by atoms with van der Waals surface area (Å²) < 4.78 is 30.9. The number of hydrogen-bond donors (Lipinski definition) is 0. The van der Waals surface area contributed by atoms with Gasteiger partial charge in [-0.2, -0.15) is 9.97 Å². The Kier molecular flexibility index (Phi) is 8.30. The van der Waals surface area contributed by atoms with E-state index < -0.39 is 9.84 Å². The number of benzene rings is 2. The summed E-state index contributed by atoms with van der Waals surface area (Å²) in [6.07, 6.45) is 4.53. The first-order valence-electron chi connectivity index (χ1n) is 13.5. The Bertz CT molecular complexity index is 1470. The third-order valence-electron chi connectivity index (χ3n) is 7.69. The van der Waals surface area contributed by atoms with Crippen molar-refractivity contribution in [2.24, 2.45) is 0 Å². The van der Waals surface area contributed by atoms with Gasteiger partial charge < -0.3 is 19.4 Å². The summed E-state index contributed by atoms with van der Waals surface area (Å²) in [5.41, 5.74) is 3.01. The van der Waals surface area contributed by atoms with E-state index in [1.807, 2.05) is 24.1 Å². The van der Waals surface area contributed by atoms with Gasteiger partial charge in [0.1, 0.15) is 12.4 Å². The number of aromatic nitrogens is 2. The highest BCUT2D eigenvalue weighted by Crippen LogP contribution is 2.36. The Balaban J connectivity index is 1.46. The predicted octanol–water partition coefficient (Wildman–Crippen LogP) is 4.70. The zero-order valence-electron chi connectivity index (χ0n) is 22.8. The molecule has 10 heteroatoms. The molecule has 39 heavy (non-hydrogen) atoms. The summed E-state index contributed by atoms with van der Waals surface area (Å²) in [7, 11) is 0.719. The zero-order chi connectivity index (χ0) is 27.6. The molecule has 208 valence electrons. The number of halogens is 1. The van der Waals surface area contributed by atoms with Gasteiger partial charge in [0.2, 0.25) is 0 Å². The van der Waals surface area contributed by atoms with Crippen LogP contribution in [-0.2, 0) is 22.8 Å². The van der Waals surface area contributed by atoms with E-state index in [0.29, 0.717) is 31.7 Å². The summed E-state index contributed by atoms with van der Waals surface area (Å²) in [6.45, 7) is 4.98. The van der Waals surface area contributed by atoms with E-state index in [-0.39, 0.29) is 5.75 Å². The number of rotatable bonds is 9. The summed E-state index contributed by atoms with van der Waals surface area (Å²) in [5, 5.41) is 4.12. The molecule has 1 fully saturated rings. The van der Waals surface area contributed by atoms with E-state index in [4.69, 9.17) is 26.3 Å².